The fraction of sp³-hybridized carbons (Fsp3) is 1.00. The van der Waals surface area contributed by atoms with Crippen molar-refractivity contribution >= 4 is 8.32 Å². The number of hydrogen-bond acceptors (Lipinski definition) is 2. The summed E-state index contributed by atoms with van der Waals surface area (Å²) in [5.41, 5.74) is 0. The van der Waals surface area contributed by atoms with Gasteiger partial charge in [0.05, 0.1) is 13.2 Å². The van der Waals surface area contributed by atoms with Crippen LogP contribution < -0.4 is 0 Å². The van der Waals surface area contributed by atoms with E-state index < -0.39 is 8.32 Å². The zero-order chi connectivity index (χ0) is 9.90. The van der Waals surface area contributed by atoms with Gasteiger partial charge in [0, 0.05) is 12.5 Å². The highest BCUT2D eigenvalue weighted by atomic mass is 28.4. The van der Waals surface area contributed by atoms with E-state index in [0.717, 1.165) is 31.7 Å². The Morgan fingerprint density at radius 3 is 2.31 bits per heavy atom. The van der Waals surface area contributed by atoms with Gasteiger partial charge >= 0.3 is 0 Å². The van der Waals surface area contributed by atoms with Crippen LogP contribution in [0.15, 0.2) is 0 Å². The highest BCUT2D eigenvalue weighted by molar-refractivity contribution is 6.69. The maximum atomic E-state index is 5.92. The number of rotatable bonds is 5. The smallest absolute Gasteiger partial charge is 0.183 e. The Kier molecular flexibility index (Phi) is 3.95. The first-order valence-electron chi connectivity index (χ1n) is 5.24. The lowest BCUT2D eigenvalue weighted by Crippen LogP contribution is -2.38. The zero-order valence-electron chi connectivity index (χ0n) is 9.30. The minimum absolute atomic E-state index is 0.723. The molecule has 0 aliphatic carbocycles. The van der Waals surface area contributed by atoms with Crippen molar-refractivity contribution in [3.05, 3.63) is 0 Å². The molecule has 0 amide bonds. The van der Waals surface area contributed by atoms with Gasteiger partial charge in [-0.25, -0.2) is 0 Å². The van der Waals surface area contributed by atoms with Crippen molar-refractivity contribution in [2.24, 2.45) is 11.8 Å². The van der Waals surface area contributed by atoms with Crippen LogP contribution in [0.4, 0.5) is 0 Å². The summed E-state index contributed by atoms with van der Waals surface area (Å²) >= 11 is 0. The molecule has 0 radical (unpaired) electrons. The average molecular weight is 202 g/mol. The SMILES string of the molecule is CCC(CO[Si](C)(C)C)C1COC1. The minimum Gasteiger partial charge on any atom is -0.417 e. The summed E-state index contributed by atoms with van der Waals surface area (Å²) in [5.74, 6) is 1.49. The second kappa shape index (κ2) is 4.58. The summed E-state index contributed by atoms with van der Waals surface area (Å²) in [6.07, 6.45) is 1.22. The third-order valence-corrected chi connectivity index (χ3v) is 3.62. The predicted octanol–water partition coefficient (Wildman–Crippen LogP) is 2.51. The molecule has 0 aromatic rings. The number of hydrogen-bond donors (Lipinski definition) is 0. The van der Waals surface area contributed by atoms with E-state index in [4.69, 9.17) is 9.16 Å². The molecule has 0 aromatic carbocycles. The molecule has 0 spiro atoms. The van der Waals surface area contributed by atoms with Crippen LogP contribution in [0.25, 0.3) is 0 Å². The molecule has 0 aromatic heterocycles. The van der Waals surface area contributed by atoms with Crippen LogP contribution in [0.2, 0.25) is 19.6 Å². The molecular formula is C10H22O2Si. The summed E-state index contributed by atoms with van der Waals surface area (Å²) in [6, 6.07) is 0. The van der Waals surface area contributed by atoms with Crippen molar-refractivity contribution < 1.29 is 9.16 Å². The van der Waals surface area contributed by atoms with Crippen LogP contribution in [-0.4, -0.2) is 28.1 Å². The van der Waals surface area contributed by atoms with Crippen LogP contribution in [0.5, 0.6) is 0 Å². The van der Waals surface area contributed by atoms with Gasteiger partial charge in [-0.05, 0) is 25.6 Å². The van der Waals surface area contributed by atoms with E-state index in [2.05, 4.69) is 26.6 Å². The van der Waals surface area contributed by atoms with E-state index in [0.29, 0.717) is 0 Å². The molecule has 3 heteroatoms. The summed E-state index contributed by atoms with van der Waals surface area (Å²) in [5, 5.41) is 0. The van der Waals surface area contributed by atoms with Crippen molar-refractivity contribution in [2.75, 3.05) is 19.8 Å². The largest absolute Gasteiger partial charge is 0.417 e. The first kappa shape index (κ1) is 11.2. The molecule has 1 saturated heterocycles. The predicted molar refractivity (Wildman–Crippen MR) is 57.4 cm³/mol. The Morgan fingerprint density at radius 2 is 2.00 bits per heavy atom. The molecule has 0 N–H and O–H groups in total. The third-order valence-electron chi connectivity index (χ3n) is 2.59. The van der Waals surface area contributed by atoms with Gasteiger partial charge < -0.3 is 9.16 Å². The van der Waals surface area contributed by atoms with Gasteiger partial charge in [-0.3, -0.25) is 0 Å². The Morgan fingerprint density at radius 1 is 1.38 bits per heavy atom. The van der Waals surface area contributed by atoms with E-state index in [1.54, 1.807) is 0 Å². The van der Waals surface area contributed by atoms with Gasteiger partial charge in [0.15, 0.2) is 8.32 Å². The minimum atomic E-state index is -1.31. The second-order valence-corrected chi connectivity index (χ2v) is 9.40. The van der Waals surface area contributed by atoms with Crippen LogP contribution in [0.3, 0.4) is 0 Å². The van der Waals surface area contributed by atoms with E-state index >= 15 is 0 Å². The van der Waals surface area contributed by atoms with Crippen molar-refractivity contribution in [3.63, 3.8) is 0 Å². The highest BCUT2D eigenvalue weighted by Gasteiger charge is 2.28. The van der Waals surface area contributed by atoms with Crippen molar-refractivity contribution in [2.45, 2.75) is 33.0 Å². The molecule has 13 heavy (non-hydrogen) atoms. The molecule has 78 valence electrons. The molecule has 0 bridgehead atoms. The summed E-state index contributed by atoms with van der Waals surface area (Å²) in [6.45, 7) is 11.8. The number of ether oxygens (including phenoxy) is 1. The lowest BCUT2D eigenvalue weighted by molar-refractivity contribution is -0.0700. The molecule has 1 atom stereocenters. The van der Waals surface area contributed by atoms with Gasteiger partial charge in [-0.1, -0.05) is 13.3 Å². The average Bonchev–Trinajstić information content (AvgIpc) is 1.91. The standard InChI is InChI=1S/C10H22O2Si/c1-5-9(10-6-11-7-10)8-12-13(2,3)4/h9-10H,5-8H2,1-4H3. The van der Waals surface area contributed by atoms with Gasteiger partial charge in [0.1, 0.15) is 0 Å². The lowest BCUT2D eigenvalue weighted by Gasteiger charge is -2.34. The molecule has 1 heterocycles. The van der Waals surface area contributed by atoms with Crippen LogP contribution in [0.1, 0.15) is 13.3 Å². The van der Waals surface area contributed by atoms with E-state index in [1.165, 1.54) is 6.42 Å². The maximum Gasteiger partial charge on any atom is 0.183 e. The van der Waals surface area contributed by atoms with E-state index in [9.17, 15) is 0 Å². The van der Waals surface area contributed by atoms with Gasteiger partial charge in [0.25, 0.3) is 0 Å². The van der Waals surface area contributed by atoms with Crippen molar-refractivity contribution in [1.82, 2.24) is 0 Å². The highest BCUT2D eigenvalue weighted by Crippen LogP contribution is 2.24. The molecule has 2 nitrogen and oxygen atoms in total. The lowest BCUT2D eigenvalue weighted by atomic mass is 9.89. The fourth-order valence-electron chi connectivity index (χ4n) is 1.47. The first-order chi connectivity index (χ1) is 6.03. The Balaban J connectivity index is 2.23. The van der Waals surface area contributed by atoms with Crippen molar-refractivity contribution in [1.29, 1.82) is 0 Å². The van der Waals surface area contributed by atoms with E-state index in [-0.39, 0.29) is 0 Å². The first-order valence-corrected chi connectivity index (χ1v) is 8.65. The molecule has 1 fully saturated rings. The monoisotopic (exact) mass is 202 g/mol. The van der Waals surface area contributed by atoms with Crippen LogP contribution in [0, 0.1) is 11.8 Å². The van der Waals surface area contributed by atoms with Gasteiger partial charge in [-0.15, -0.1) is 0 Å². The normalized spacial score (nSPS) is 21.2. The molecule has 0 saturated carbocycles. The third kappa shape index (κ3) is 3.79. The summed E-state index contributed by atoms with van der Waals surface area (Å²) in [7, 11) is -1.31. The van der Waals surface area contributed by atoms with Gasteiger partial charge in [0.2, 0.25) is 0 Å². The quantitative estimate of drug-likeness (QED) is 0.638. The van der Waals surface area contributed by atoms with Crippen LogP contribution >= 0.6 is 0 Å². The Hall–Kier alpha value is 0.137. The summed E-state index contributed by atoms with van der Waals surface area (Å²) in [4.78, 5) is 0. The Labute approximate surface area is 82.7 Å². The fourth-order valence-corrected chi connectivity index (χ4v) is 2.18. The molecule has 1 rings (SSSR count). The topological polar surface area (TPSA) is 18.5 Å². The second-order valence-electron chi connectivity index (χ2n) is 4.89. The van der Waals surface area contributed by atoms with Crippen molar-refractivity contribution in [3.8, 4) is 0 Å². The van der Waals surface area contributed by atoms with Crippen LogP contribution in [-0.2, 0) is 9.16 Å². The summed E-state index contributed by atoms with van der Waals surface area (Å²) < 4.78 is 11.1. The zero-order valence-corrected chi connectivity index (χ0v) is 10.3. The molecular weight excluding hydrogens is 180 g/mol. The molecule has 1 aliphatic heterocycles. The molecule has 1 unspecified atom stereocenters. The maximum absolute atomic E-state index is 5.92. The Bertz CT molecular complexity index is 149. The van der Waals surface area contributed by atoms with E-state index in [1.807, 2.05) is 0 Å². The molecule has 1 aliphatic rings. The van der Waals surface area contributed by atoms with Gasteiger partial charge in [-0.2, -0.15) is 0 Å².